The smallest absolute Gasteiger partial charge is 0.163 e. The van der Waals surface area contributed by atoms with Crippen LogP contribution in [-0.2, 0) is 6.54 Å². The molecule has 0 amide bonds. The average molecular weight is 344 g/mol. The molecule has 124 valence electrons. The van der Waals surface area contributed by atoms with Crippen molar-refractivity contribution in [3.63, 3.8) is 0 Å². The Labute approximate surface area is 144 Å². The Bertz CT molecular complexity index is 844. The Kier molecular flexibility index (Phi) is 4.08. The molecular weight excluding hydrogens is 326 g/mol. The van der Waals surface area contributed by atoms with Gasteiger partial charge in [0.05, 0.1) is 30.8 Å². The van der Waals surface area contributed by atoms with Crippen molar-refractivity contribution >= 4 is 28.5 Å². The maximum atomic E-state index is 9.13. The number of rotatable bonds is 6. The molecule has 2 aromatic heterocycles. The number of aliphatic hydroxyl groups excluding tert-OH is 1. The van der Waals surface area contributed by atoms with Gasteiger partial charge in [0.25, 0.3) is 0 Å². The molecule has 24 heavy (non-hydrogen) atoms. The molecule has 0 radical (unpaired) electrons. The number of nitrogens with zero attached hydrogens (tertiary/aromatic N) is 4. The SMILES string of the molecule is OCCn1ncc2c(N[C@H](c3ccc(Cl)cc3)C3CC3)ncnc21. The highest BCUT2D eigenvalue weighted by Crippen LogP contribution is 2.43. The summed E-state index contributed by atoms with van der Waals surface area (Å²) in [6.07, 6.45) is 5.70. The molecular formula is C17H18ClN5O. The molecule has 1 aromatic carbocycles. The van der Waals surface area contributed by atoms with Crippen molar-refractivity contribution in [3.05, 3.63) is 47.4 Å². The minimum atomic E-state index is 0.0268. The summed E-state index contributed by atoms with van der Waals surface area (Å²) in [4.78, 5) is 8.70. The molecule has 1 saturated carbocycles. The predicted molar refractivity (Wildman–Crippen MR) is 92.9 cm³/mol. The third-order valence-electron chi connectivity index (χ3n) is 4.36. The van der Waals surface area contributed by atoms with Crippen LogP contribution in [0.3, 0.4) is 0 Å². The highest BCUT2D eigenvalue weighted by Gasteiger charge is 2.33. The van der Waals surface area contributed by atoms with Crippen LogP contribution in [0.5, 0.6) is 0 Å². The number of benzene rings is 1. The van der Waals surface area contributed by atoms with Crippen LogP contribution < -0.4 is 5.32 Å². The van der Waals surface area contributed by atoms with E-state index in [4.69, 9.17) is 16.7 Å². The first-order valence-electron chi connectivity index (χ1n) is 8.05. The van der Waals surface area contributed by atoms with E-state index in [9.17, 15) is 0 Å². The molecule has 1 fully saturated rings. The van der Waals surface area contributed by atoms with Gasteiger partial charge in [-0.15, -0.1) is 0 Å². The standard InChI is InChI=1S/C17H18ClN5O/c18-13-5-3-12(4-6-13)15(11-1-2-11)22-16-14-9-21-23(7-8-24)17(14)20-10-19-16/h3-6,9-11,15,24H,1-2,7-8H2,(H,19,20,22)/t15-/m0/s1. The third kappa shape index (κ3) is 2.95. The lowest BCUT2D eigenvalue weighted by Gasteiger charge is -2.20. The summed E-state index contributed by atoms with van der Waals surface area (Å²) < 4.78 is 1.69. The summed E-state index contributed by atoms with van der Waals surface area (Å²) in [6.45, 7) is 0.447. The summed E-state index contributed by atoms with van der Waals surface area (Å²) in [6, 6.07) is 8.16. The second-order valence-corrected chi connectivity index (χ2v) is 6.50. The van der Waals surface area contributed by atoms with Gasteiger partial charge in [-0.1, -0.05) is 23.7 Å². The molecule has 1 atom stereocenters. The van der Waals surface area contributed by atoms with Crippen LogP contribution in [0.2, 0.25) is 5.02 Å². The highest BCUT2D eigenvalue weighted by atomic mass is 35.5. The average Bonchev–Trinajstić information content (AvgIpc) is 3.36. The largest absolute Gasteiger partial charge is 0.394 e. The Morgan fingerprint density at radius 1 is 1.25 bits per heavy atom. The summed E-state index contributed by atoms with van der Waals surface area (Å²) in [7, 11) is 0. The van der Waals surface area contributed by atoms with Gasteiger partial charge in [0.2, 0.25) is 0 Å². The normalized spacial score (nSPS) is 15.6. The maximum absolute atomic E-state index is 9.13. The molecule has 2 N–H and O–H groups in total. The number of hydrogen-bond acceptors (Lipinski definition) is 5. The molecule has 0 spiro atoms. The summed E-state index contributed by atoms with van der Waals surface area (Å²) in [5.74, 6) is 1.37. The fourth-order valence-electron chi connectivity index (χ4n) is 2.99. The third-order valence-corrected chi connectivity index (χ3v) is 4.61. The number of hydrogen-bond donors (Lipinski definition) is 2. The summed E-state index contributed by atoms with van der Waals surface area (Å²) >= 11 is 6.01. The van der Waals surface area contributed by atoms with Crippen molar-refractivity contribution < 1.29 is 5.11 Å². The van der Waals surface area contributed by atoms with E-state index in [-0.39, 0.29) is 12.6 Å². The zero-order chi connectivity index (χ0) is 16.5. The maximum Gasteiger partial charge on any atom is 0.163 e. The van der Waals surface area contributed by atoms with Crippen molar-refractivity contribution in [2.24, 2.45) is 5.92 Å². The lowest BCUT2D eigenvalue weighted by atomic mass is 10.0. The molecule has 6 nitrogen and oxygen atoms in total. The van der Waals surface area contributed by atoms with Crippen LogP contribution in [-0.4, -0.2) is 31.5 Å². The molecule has 1 aliphatic rings. The summed E-state index contributed by atoms with van der Waals surface area (Å²) in [5.41, 5.74) is 1.93. The molecule has 0 saturated heterocycles. The zero-order valence-corrected chi connectivity index (χ0v) is 13.8. The fourth-order valence-corrected chi connectivity index (χ4v) is 3.11. The monoisotopic (exact) mass is 343 g/mol. The minimum Gasteiger partial charge on any atom is -0.394 e. The zero-order valence-electron chi connectivity index (χ0n) is 13.1. The van der Waals surface area contributed by atoms with Crippen LogP contribution in [0.1, 0.15) is 24.4 Å². The van der Waals surface area contributed by atoms with E-state index in [1.54, 1.807) is 10.9 Å². The van der Waals surface area contributed by atoms with Crippen molar-refractivity contribution in [2.75, 3.05) is 11.9 Å². The first kappa shape index (κ1) is 15.4. The van der Waals surface area contributed by atoms with Gasteiger partial charge in [0.15, 0.2) is 5.65 Å². The van der Waals surface area contributed by atoms with Crippen LogP contribution in [0.15, 0.2) is 36.8 Å². The van der Waals surface area contributed by atoms with Gasteiger partial charge < -0.3 is 10.4 Å². The van der Waals surface area contributed by atoms with E-state index in [1.807, 2.05) is 12.1 Å². The van der Waals surface area contributed by atoms with E-state index in [2.05, 4.69) is 32.5 Å². The first-order chi connectivity index (χ1) is 11.8. The topological polar surface area (TPSA) is 75.9 Å². The van der Waals surface area contributed by atoms with Gasteiger partial charge >= 0.3 is 0 Å². The number of nitrogens with one attached hydrogen (secondary N) is 1. The second-order valence-electron chi connectivity index (χ2n) is 6.06. The Morgan fingerprint density at radius 3 is 2.75 bits per heavy atom. The van der Waals surface area contributed by atoms with E-state index in [0.29, 0.717) is 12.5 Å². The number of aromatic nitrogens is 4. The van der Waals surface area contributed by atoms with Crippen LogP contribution in [0.25, 0.3) is 11.0 Å². The van der Waals surface area contributed by atoms with Crippen LogP contribution in [0, 0.1) is 5.92 Å². The number of anilines is 1. The second kappa shape index (κ2) is 6.37. The van der Waals surface area contributed by atoms with Gasteiger partial charge in [-0.25, -0.2) is 14.6 Å². The molecule has 4 rings (SSSR count). The molecule has 0 aliphatic heterocycles. The molecule has 7 heteroatoms. The van der Waals surface area contributed by atoms with Gasteiger partial charge in [-0.3, -0.25) is 0 Å². The number of fused-ring (bicyclic) bond motifs is 1. The van der Waals surface area contributed by atoms with Gasteiger partial charge in [0.1, 0.15) is 12.1 Å². The van der Waals surface area contributed by atoms with Crippen molar-refractivity contribution in [3.8, 4) is 0 Å². The Hall–Kier alpha value is -2.18. The summed E-state index contributed by atoms with van der Waals surface area (Å²) in [5, 5.41) is 18.6. The van der Waals surface area contributed by atoms with Crippen molar-refractivity contribution in [2.45, 2.75) is 25.4 Å². The molecule has 2 heterocycles. The molecule has 1 aliphatic carbocycles. The first-order valence-corrected chi connectivity index (χ1v) is 8.43. The quantitative estimate of drug-likeness (QED) is 0.719. The van der Waals surface area contributed by atoms with Crippen LogP contribution >= 0.6 is 11.6 Å². The highest BCUT2D eigenvalue weighted by molar-refractivity contribution is 6.30. The molecule has 0 unspecified atom stereocenters. The van der Waals surface area contributed by atoms with Crippen molar-refractivity contribution in [1.29, 1.82) is 0 Å². The van der Waals surface area contributed by atoms with Crippen molar-refractivity contribution in [1.82, 2.24) is 19.7 Å². The minimum absolute atomic E-state index is 0.0268. The predicted octanol–water partition coefficient (Wildman–Crippen LogP) is 3.04. The van der Waals surface area contributed by atoms with Gasteiger partial charge in [-0.2, -0.15) is 5.10 Å². The van der Waals surface area contributed by atoms with E-state index in [1.165, 1.54) is 24.7 Å². The van der Waals surface area contributed by atoms with Crippen LogP contribution in [0.4, 0.5) is 5.82 Å². The van der Waals surface area contributed by atoms with E-state index < -0.39 is 0 Å². The van der Waals surface area contributed by atoms with E-state index in [0.717, 1.165) is 21.9 Å². The Balaban J connectivity index is 1.67. The number of halogens is 1. The molecule has 0 bridgehead atoms. The lowest BCUT2D eigenvalue weighted by molar-refractivity contribution is 0.271. The lowest BCUT2D eigenvalue weighted by Crippen LogP contribution is -2.14. The van der Waals surface area contributed by atoms with Gasteiger partial charge in [0, 0.05) is 5.02 Å². The fraction of sp³-hybridized carbons (Fsp3) is 0.353. The van der Waals surface area contributed by atoms with E-state index >= 15 is 0 Å². The van der Waals surface area contributed by atoms with Gasteiger partial charge in [-0.05, 0) is 36.5 Å². The number of aliphatic hydroxyl groups is 1. The Morgan fingerprint density at radius 2 is 2.04 bits per heavy atom. The molecule has 3 aromatic rings.